The van der Waals surface area contributed by atoms with Gasteiger partial charge in [0.15, 0.2) is 0 Å². The van der Waals surface area contributed by atoms with E-state index < -0.39 is 5.97 Å². The maximum absolute atomic E-state index is 11.0. The van der Waals surface area contributed by atoms with Crippen molar-refractivity contribution in [1.29, 1.82) is 0 Å². The second-order valence-corrected chi connectivity index (χ2v) is 4.51. The Morgan fingerprint density at radius 3 is 2.89 bits per heavy atom. The molecule has 0 spiro atoms. The van der Waals surface area contributed by atoms with Gasteiger partial charge < -0.3 is 10.1 Å². The first-order valence-corrected chi connectivity index (χ1v) is 6.00. The van der Waals surface area contributed by atoms with Crippen LogP contribution >= 0.6 is 11.6 Å². The molecule has 0 saturated carbocycles. The summed E-state index contributed by atoms with van der Waals surface area (Å²) in [6.07, 6.45) is 3.44. The van der Waals surface area contributed by atoms with Crippen molar-refractivity contribution >= 4 is 28.5 Å². The maximum atomic E-state index is 11.0. The zero-order chi connectivity index (χ0) is 13.4. The zero-order valence-corrected chi connectivity index (χ0v) is 10.5. The van der Waals surface area contributed by atoms with Crippen molar-refractivity contribution in [1.82, 2.24) is 9.97 Å². The van der Waals surface area contributed by atoms with Gasteiger partial charge in [-0.25, -0.2) is 4.79 Å². The number of pyridine rings is 1. The van der Waals surface area contributed by atoms with Crippen LogP contribution < -0.4 is 0 Å². The first-order valence-electron chi connectivity index (χ1n) is 5.62. The molecule has 2 heterocycles. The monoisotopic (exact) mass is 272 g/mol. The van der Waals surface area contributed by atoms with Crippen LogP contribution in [0.2, 0.25) is 5.02 Å². The molecule has 2 aromatic heterocycles. The SMILES string of the molecule is O=C(O)c1ccc2[nH]cc(-c3ncccc3Cl)c2c1. The Morgan fingerprint density at radius 1 is 1.32 bits per heavy atom. The predicted molar refractivity (Wildman–Crippen MR) is 73.5 cm³/mol. The Hall–Kier alpha value is -2.33. The highest BCUT2D eigenvalue weighted by molar-refractivity contribution is 6.33. The molecule has 1 aromatic carbocycles. The van der Waals surface area contributed by atoms with Crippen LogP contribution in [0.3, 0.4) is 0 Å². The molecule has 0 saturated heterocycles. The van der Waals surface area contributed by atoms with Gasteiger partial charge in [-0.15, -0.1) is 0 Å². The molecule has 0 bridgehead atoms. The number of nitrogens with one attached hydrogen (secondary N) is 1. The van der Waals surface area contributed by atoms with Gasteiger partial charge >= 0.3 is 5.97 Å². The lowest BCUT2D eigenvalue weighted by molar-refractivity contribution is 0.0697. The van der Waals surface area contributed by atoms with Crippen LogP contribution in [0.4, 0.5) is 0 Å². The quantitative estimate of drug-likeness (QED) is 0.749. The van der Waals surface area contributed by atoms with Crippen LogP contribution in [0.1, 0.15) is 10.4 Å². The summed E-state index contributed by atoms with van der Waals surface area (Å²) in [5, 5.41) is 10.4. The lowest BCUT2D eigenvalue weighted by atomic mass is 10.1. The van der Waals surface area contributed by atoms with E-state index in [2.05, 4.69) is 9.97 Å². The molecule has 0 radical (unpaired) electrons. The lowest BCUT2D eigenvalue weighted by Gasteiger charge is -2.02. The van der Waals surface area contributed by atoms with Gasteiger partial charge in [-0.3, -0.25) is 4.98 Å². The molecule has 0 aliphatic rings. The van der Waals surface area contributed by atoms with E-state index in [9.17, 15) is 4.79 Å². The Kier molecular flexibility index (Phi) is 2.72. The summed E-state index contributed by atoms with van der Waals surface area (Å²) >= 11 is 6.13. The minimum atomic E-state index is -0.957. The average Bonchev–Trinajstić information content (AvgIpc) is 2.82. The summed E-state index contributed by atoms with van der Waals surface area (Å²) < 4.78 is 0. The molecule has 0 unspecified atom stereocenters. The number of aromatic nitrogens is 2. The summed E-state index contributed by atoms with van der Waals surface area (Å²) in [6, 6.07) is 8.42. The number of H-pyrrole nitrogens is 1. The second kappa shape index (κ2) is 4.40. The van der Waals surface area contributed by atoms with E-state index in [1.807, 2.05) is 0 Å². The molecule has 0 amide bonds. The number of nitrogens with zero attached hydrogens (tertiary/aromatic N) is 1. The molecule has 3 rings (SSSR count). The van der Waals surface area contributed by atoms with E-state index in [1.165, 1.54) is 0 Å². The molecule has 94 valence electrons. The molecule has 3 aromatic rings. The number of benzene rings is 1. The standard InChI is InChI=1S/C14H9ClN2O2/c15-11-2-1-5-16-13(11)10-7-17-12-4-3-8(14(18)19)6-9(10)12/h1-7,17H,(H,18,19). The lowest BCUT2D eigenvalue weighted by Crippen LogP contribution is -1.95. The highest BCUT2D eigenvalue weighted by Gasteiger charge is 2.12. The molecular formula is C14H9ClN2O2. The van der Waals surface area contributed by atoms with E-state index in [0.717, 1.165) is 16.5 Å². The third-order valence-corrected chi connectivity index (χ3v) is 3.25. The van der Waals surface area contributed by atoms with E-state index in [-0.39, 0.29) is 5.56 Å². The number of aromatic amines is 1. The summed E-state index contributed by atoms with van der Waals surface area (Å²) in [6.45, 7) is 0. The molecule has 4 nitrogen and oxygen atoms in total. The number of hydrogen-bond acceptors (Lipinski definition) is 2. The van der Waals surface area contributed by atoms with Gasteiger partial charge in [0.05, 0.1) is 16.3 Å². The number of carboxylic acid groups (broad SMARTS) is 1. The molecule has 2 N–H and O–H groups in total. The van der Waals surface area contributed by atoms with Crippen molar-refractivity contribution < 1.29 is 9.90 Å². The number of carboxylic acids is 1. The van der Waals surface area contributed by atoms with Crippen LogP contribution in [0, 0.1) is 0 Å². The second-order valence-electron chi connectivity index (χ2n) is 4.10. The molecule has 0 aliphatic carbocycles. The zero-order valence-electron chi connectivity index (χ0n) is 9.72. The first kappa shape index (κ1) is 11.7. The molecule has 0 aliphatic heterocycles. The predicted octanol–water partition coefficient (Wildman–Crippen LogP) is 3.58. The first-order chi connectivity index (χ1) is 9.16. The summed E-state index contributed by atoms with van der Waals surface area (Å²) in [5.74, 6) is -0.957. The third-order valence-electron chi connectivity index (χ3n) is 2.94. The van der Waals surface area contributed by atoms with Gasteiger partial charge in [-0.2, -0.15) is 0 Å². The van der Waals surface area contributed by atoms with Gasteiger partial charge in [0.2, 0.25) is 0 Å². The van der Waals surface area contributed by atoms with Crippen molar-refractivity contribution in [3.8, 4) is 11.3 Å². The largest absolute Gasteiger partial charge is 0.478 e. The van der Waals surface area contributed by atoms with Crippen LogP contribution in [0.15, 0.2) is 42.7 Å². The Morgan fingerprint density at radius 2 is 2.16 bits per heavy atom. The van der Waals surface area contributed by atoms with E-state index in [4.69, 9.17) is 16.7 Å². The molecule has 5 heteroatoms. The number of aromatic carboxylic acids is 1. The fraction of sp³-hybridized carbons (Fsp3) is 0. The van der Waals surface area contributed by atoms with Crippen molar-refractivity contribution in [3.05, 3.63) is 53.3 Å². The van der Waals surface area contributed by atoms with Gasteiger partial charge in [0.25, 0.3) is 0 Å². The number of carbonyl (C=O) groups is 1. The minimum absolute atomic E-state index is 0.236. The number of fused-ring (bicyclic) bond motifs is 1. The van der Waals surface area contributed by atoms with Crippen molar-refractivity contribution in [3.63, 3.8) is 0 Å². The summed E-state index contributed by atoms with van der Waals surface area (Å²) in [5.41, 5.74) is 2.52. The summed E-state index contributed by atoms with van der Waals surface area (Å²) in [7, 11) is 0. The van der Waals surface area contributed by atoms with Crippen molar-refractivity contribution in [2.45, 2.75) is 0 Å². The van der Waals surface area contributed by atoms with Gasteiger partial charge in [-0.1, -0.05) is 11.6 Å². The van der Waals surface area contributed by atoms with Crippen LogP contribution in [0.25, 0.3) is 22.2 Å². The highest BCUT2D eigenvalue weighted by Crippen LogP contribution is 2.32. The van der Waals surface area contributed by atoms with Crippen LogP contribution in [-0.2, 0) is 0 Å². The highest BCUT2D eigenvalue weighted by atomic mass is 35.5. The number of hydrogen-bond donors (Lipinski definition) is 2. The Balaban J connectivity index is 2.27. The smallest absolute Gasteiger partial charge is 0.335 e. The van der Waals surface area contributed by atoms with E-state index in [1.54, 1.807) is 42.7 Å². The van der Waals surface area contributed by atoms with Crippen LogP contribution in [-0.4, -0.2) is 21.0 Å². The summed E-state index contributed by atoms with van der Waals surface area (Å²) in [4.78, 5) is 18.4. The van der Waals surface area contributed by atoms with Gasteiger partial charge in [0, 0.05) is 28.9 Å². The van der Waals surface area contributed by atoms with Crippen molar-refractivity contribution in [2.75, 3.05) is 0 Å². The fourth-order valence-electron chi connectivity index (χ4n) is 2.03. The number of halogens is 1. The third kappa shape index (κ3) is 1.96. The van der Waals surface area contributed by atoms with E-state index in [0.29, 0.717) is 10.7 Å². The maximum Gasteiger partial charge on any atom is 0.335 e. The molecule has 0 fully saturated rings. The molecule has 0 atom stereocenters. The Bertz CT molecular complexity index is 780. The topological polar surface area (TPSA) is 66.0 Å². The van der Waals surface area contributed by atoms with Gasteiger partial charge in [0.1, 0.15) is 0 Å². The minimum Gasteiger partial charge on any atom is -0.478 e. The Labute approximate surface area is 113 Å². The molecule has 19 heavy (non-hydrogen) atoms. The number of rotatable bonds is 2. The van der Waals surface area contributed by atoms with Crippen molar-refractivity contribution in [2.24, 2.45) is 0 Å². The van der Waals surface area contributed by atoms with E-state index >= 15 is 0 Å². The van der Waals surface area contributed by atoms with Gasteiger partial charge in [-0.05, 0) is 30.3 Å². The van der Waals surface area contributed by atoms with Crippen LogP contribution in [0.5, 0.6) is 0 Å². The normalized spacial score (nSPS) is 10.8. The molecular weight excluding hydrogens is 264 g/mol. The average molecular weight is 273 g/mol. The fourth-order valence-corrected chi connectivity index (χ4v) is 2.26.